The number of benzene rings is 10. The van der Waals surface area contributed by atoms with E-state index >= 15 is 0 Å². The Labute approximate surface area is 394 Å². The molecule has 0 fully saturated rings. The Kier molecular flexibility index (Phi) is 9.60. The van der Waals surface area contributed by atoms with Crippen molar-refractivity contribution < 1.29 is 0 Å². The van der Waals surface area contributed by atoms with E-state index in [0.717, 1.165) is 18.5 Å². The molecule has 3 heteroatoms. The number of fused-ring (bicyclic) bond motifs is 5. The largest absolute Gasteiger partial charge is 0.311 e. The highest BCUT2D eigenvalue weighted by molar-refractivity contribution is 7.00. The van der Waals surface area contributed by atoms with Crippen LogP contribution in [0.1, 0.15) is 24.0 Å². The zero-order valence-electron chi connectivity index (χ0n) is 37.3. The molecule has 1 aliphatic carbocycles. The van der Waals surface area contributed by atoms with Crippen LogP contribution in [0.4, 0.5) is 34.1 Å². The quantitative estimate of drug-likeness (QED) is 0.147. The van der Waals surface area contributed by atoms with Gasteiger partial charge in [0.1, 0.15) is 0 Å². The highest BCUT2D eigenvalue weighted by Gasteiger charge is 2.44. The van der Waals surface area contributed by atoms with Crippen molar-refractivity contribution >= 4 is 57.2 Å². The molecular formula is C64H47BN2. The van der Waals surface area contributed by atoms with Crippen LogP contribution in [0.2, 0.25) is 0 Å². The Morgan fingerprint density at radius 3 is 1.09 bits per heavy atom. The van der Waals surface area contributed by atoms with E-state index in [0.29, 0.717) is 0 Å². The van der Waals surface area contributed by atoms with Gasteiger partial charge in [0.15, 0.2) is 0 Å². The van der Waals surface area contributed by atoms with E-state index < -0.39 is 0 Å². The number of aryl methyl sites for hydroxylation is 2. The minimum Gasteiger partial charge on any atom is -0.311 e. The highest BCUT2D eigenvalue weighted by Crippen LogP contribution is 2.48. The topological polar surface area (TPSA) is 6.48 Å². The third kappa shape index (κ3) is 6.89. The summed E-state index contributed by atoms with van der Waals surface area (Å²) >= 11 is 0. The fourth-order valence-electron chi connectivity index (χ4n) is 11.2. The minimum absolute atomic E-state index is 0.0255. The second kappa shape index (κ2) is 16.4. The van der Waals surface area contributed by atoms with Gasteiger partial charge in [0.05, 0.1) is 0 Å². The first kappa shape index (κ1) is 39.2. The Hall–Kier alpha value is -8.14. The normalized spacial score (nSPS) is 13.3. The van der Waals surface area contributed by atoms with Gasteiger partial charge in [-0.15, -0.1) is 0 Å². The summed E-state index contributed by atoms with van der Waals surface area (Å²) in [7, 11) is 0. The minimum atomic E-state index is 0.0255. The van der Waals surface area contributed by atoms with Crippen LogP contribution < -0.4 is 26.2 Å². The predicted octanol–water partition coefficient (Wildman–Crippen LogP) is 15.0. The summed E-state index contributed by atoms with van der Waals surface area (Å²) in [5.74, 6) is 0. The van der Waals surface area contributed by atoms with Crippen LogP contribution in [-0.2, 0) is 12.8 Å². The molecule has 10 aromatic carbocycles. The molecule has 0 aromatic heterocycles. The van der Waals surface area contributed by atoms with E-state index in [-0.39, 0.29) is 6.71 Å². The summed E-state index contributed by atoms with van der Waals surface area (Å²) < 4.78 is 0. The smallest absolute Gasteiger partial charge is 0.252 e. The predicted molar refractivity (Wildman–Crippen MR) is 284 cm³/mol. The van der Waals surface area contributed by atoms with Crippen molar-refractivity contribution in [2.75, 3.05) is 9.80 Å². The van der Waals surface area contributed by atoms with E-state index in [2.05, 4.69) is 246 Å². The number of nitrogens with zero attached hydrogens (tertiary/aromatic N) is 2. The summed E-state index contributed by atoms with van der Waals surface area (Å²) in [5, 5.41) is 0. The Morgan fingerprint density at radius 2 is 0.657 bits per heavy atom. The summed E-state index contributed by atoms with van der Waals surface area (Å²) in [5.41, 5.74) is 26.3. The molecule has 2 aliphatic heterocycles. The first-order valence-corrected chi connectivity index (χ1v) is 23.8. The van der Waals surface area contributed by atoms with Gasteiger partial charge in [0, 0.05) is 34.1 Å². The van der Waals surface area contributed by atoms with Crippen molar-refractivity contribution in [3.63, 3.8) is 0 Å². The molecule has 10 aromatic rings. The van der Waals surface area contributed by atoms with Gasteiger partial charge < -0.3 is 9.80 Å². The van der Waals surface area contributed by atoms with Crippen molar-refractivity contribution in [1.82, 2.24) is 0 Å². The molecule has 67 heavy (non-hydrogen) atoms. The molecule has 0 atom stereocenters. The molecule has 0 saturated carbocycles. The van der Waals surface area contributed by atoms with Crippen LogP contribution in [0.15, 0.2) is 237 Å². The number of rotatable bonds is 7. The molecule has 0 bridgehead atoms. The van der Waals surface area contributed by atoms with E-state index in [1.165, 1.54) is 124 Å². The fraction of sp³-hybridized carbons (Fsp3) is 0.0625. The van der Waals surface area contributed by atoms with E-state index in [1.54, 1.807) is 0 Å². The van der Waals surface area contributed by atoms with Crippen LogP contribution in [0.5, 0.6) is 0 Å². The van der Waals surface area contributed by atoms with Gasteiger partial charge in [-0.3, -0.25) is 0 Å². The van der Waals surface area contributed by atoms with Gasteiger partial charge in [-0.05, 0) is 169 Å². The Morgan fingerprint density at radius 1 is 0.269 bits per heavy atom. The zero-order valence-corrected chi connectivity index (χ0v) is 37.3. The molecule has 0 spiro atoms. The lowest BCUT2D eigenvalue weighted by atomic mass is 9.33. The number of anilines is 6. The highest BCUT2D eigenvalue weighted by atomic mass is 15.2. The third-order valence-electron chi connectivity index (χ3n) is 14.3. The molecule has 13 rings (SSSR count). The van der Waals surface area contributed by atoms with Gasteiger partial charge in [-0.1, -0.05) is 176 Å². The third-order valence-corrected chi connectivity index (χ3v) is 14.3. The summed E-state index contributed by atoms with van der Waals surface area (Å²) in [4.78, 5) is 5.18. The lowest BCUT2D eigenvalue weighted by Gasteiger charge is -2.45. The van der Waals surface area contributed by atoms with Gasteiger partial charge in [-0.25, -0.2) is 0 Å². The maximum atomic E-state index is 2.61. The van der Waals surface area contributed by atoms with Crippen molar-refractivity contribution in [2.24, 2.45) is 0 Å². The van der Waals surface area contributed by atoms with E-state index in [9.17, 15) is 0 Å². The van der Waals surface area contributed by atoms with Crippen LogP contribution >= 0.6 is 0 Å². The molecule has 0 N–H and O–H groups in total. The van der Waals surface area contributed by atoms with Gasteiger partial charge in [0.2, 0.25) is 0 Å². The van der Waals surface area contributed by atoms with Crippen LogP contribution in [0.3, 0.4) is 0 Å². The first-order chi connectivity index (χ1) is 33.2. The first-order valence-electron chi connectivity index (χ1n) is 23.8. The van der Waals surface area contributed by atoms with Crippen molar-refractivity contribution in [1.29, 1.82) is 0 Å². The molecule has 0 amide bonds. The summed E-state index contributed by atoms with van der Waals surface area (Å²) in [6.07, 6.45) is 4.68. The average molecular weight is 855 g/mol. The van der Waals surface area contributed by atoms with E-state index in [4.69, 9.17) is 0 Å². The van der Waals surface area contributed by atoms with Crippen molar-refractivity contribution in [3.05, 3.63) is 248 Å². The van der Waals surface area contributed by atoms with Gasteiger partial charge >= 0.3 is 0 Å². The maximum absolute atomic E-state index is 2.61. The molecule has 0 saturated heterocycles. The van der Waals surface area contributed by atoms with Crippen LogP contribution in [-0.4, -0.2) is 6.71 Å². The molecule has 2 nitrogen and oxygen atoms in total. The zero-order chi connectivity index (χ0) is 44.3. The van der Waals surface area contributed by atoms with Gasteiger partial charge in [-0.2, -0.15) is 0 Å². The van der Waals surface area contributed by atoms with Crippen LogP contribution in [0.25, 0.3) is 55.6 Å². The van der Waals surface area contributed by atoms with Crippen molar-refractivity contribution in [2.45, 2.75) is 25.7 Å². The number of hydrogen-bond acceptors (Lipinski definition) is 2. The lowest BCUT2D eigenvalue weighted by molar-refractivity contribution is 0.686. The van der Waals surface area contributed by atoms with E-state index in [1.807, 2.05) is 0 Å². The van der Waals surface area contributed by atoms with Gasteiger partial charge in [0.25, 0.3) is 6.71 Å². The monoisotopic (exact) mass is 854 g/mol. The molecule has 0 unspecified atom stereocenters. The molecular weight excluding hydrogens is 808 g/mol. The molecule has 0 radical (unpaired) electrons. The Bertz CT molecular complexity index is 3340. The summed E-state index contributed by atoms with van der Waals surface area (Å²) in [6, 6.07) is 88.2. The standard InChI is InChI=1S/C64H47BN2/c1-6-19-44(20-7-1)51-33-34-58-62(43-51)66(56-37-52(45-21-8-2-9-22-45)35-53(38-56)46-23-10-3-11-24-46)60-31-18-32-61-64(60)65(58)59-41-49-29-16-17-30-50(49)42-63(59)67(61)57-39-54(47-25-12-4-13-26-47)36-55(40-57)48-27-14-5-15-28-48/h1-15,18-28,31-43H,16-17,29-30H2. The SMILES string of the molecule is c1ccc(-c2cc(-c3ccccc3)cc(N3c4cc(-c5ccccc5)ccc4B4c5cc6c(cc5N(c5cc(-c7ccccc7)cc(-c7ccccc7)c5)c5cccc3c54)CCCC6)c2)cc1. The van der Waals surface area contributed by atoms with Crippen molar-refractivity contribution in [3.8, 4) is 55.6 Å². The lowest BCUT2D eigenvalue weighted by Crippen LogP contribution is -2.61. The Balaban J connectivity index is 1.10. The molecule has 2 heterocycles. The average Bonchev–Trinajstić information content (AvgIpc) is 3.41. The molecule has 3 aliphatic rings. The fourth-order valence-corrected chi connectivity index (χ4v) is 11.2. The second-order valence-electron chi connectivity index (χ2n) is 18.3. The summed E-state index contributed by atoms with van der Waals surface area (Å²) in [6.45, 7) is 0.0255. The maximum Gasteiger partial charge on any atom is 0.252 e. The number of hydrogen-bond donors (Lipinski definition) is 0. The molecule has 316 valence electrons. The van der Waals surface area contributed by atoms with Crippen LogP contribution in [0, 0.1) is 0 Å². The second-order valence-corrected chi connectivity index (χ2v) is 18.3.